The van der Waals surface area contributed by atoms with Gasteiger partial charge in [0, 0.05) is 23.9 Å². The number of hydrogen-bond acceptors (Lipinski definition) is 2. The van der Waals surface area contributed by atoms with Gasteiger partial charge >= 0.3 is 6.18 Å². The van der Waals surface area contributed by atoms with Gasteiger partial charge in [-0.05, 0) is 103 Å². The molecule has 8 heteroatoms. The Labute approximate surface area is 226 Å². The average molecular weight is 550 g/mol. The molecule has 3 aliphatic rings. The number of aliphatic hydroxyl groups is 1. The molecule has 0 heterocycles. The van der Waals surface area contributed by atoms with E-state index >= 15 is 0 Å². The molecule has 2 unspecified atom stereocenters. The van der Waals surface area contributed by atoms with Crippen LogP contribution in [-0.4, -0.2) is 17.6 Å². The van der Waals surface area contributed by atoms with Crippen LogP contribution < -0.4 is 5.32 Å². The predicted molar refractivity (Wildman–Crippen MR) is 142 cm³/mol. The Hall–Kier alpha value is -2.74. The molecule has 5 rings (SSSR count). The van der Waals surface area contributed by atoms with E-state index in [9.17, 15) is 26.7 Å². The highest BCUT2D eigenvalue weighted by atomic mass is 19.4. The number of fused-ring (bicyclic) bond motifs is 3. The van der Waals surface area contributed by atoms with Crippen molar-refractivity contribution in [1.82, 2.24) is 0 Å². The molecule has 3 nitrogen and oxygen atoms in total. The second-order valence-corrected chi connectivity index (χ2v) is 12.1. The van der Waals surface area contributed by atoms with Crippen molar-refractivity contribution < 1.29 is 31.9 Å². The molecule has 0 bridgehead atoms. The summed E-state index contributed by atoms with van der Waals surface area (Å²) in [5.41, 5.74) is 1.46. The van der Waals surface area contributed by atoms with Crippen LogP contribution in [0.2, 0.25) is 0 Å². The van der Waals surface area contributed by atoms with Crippen molar-refractivity contribution in [2.45, 2.75) is 83.7 Å². The Morgan fingerprint density at radius 3 is 2.13 bits per heavy atom. The van der Waals surface area contributed by atoms with Crippen molar-refractivity contribution in [3.63, 3.8) is 0 Å². The summed E-state index contributed by atoms with van der Waals surface area (Å²) in [6.45, 7) is 6.25. The van der Waals surface area contributed by atoms with E-state index in [4.69, 9.17) is 5.11 Å². The van der Waals surface area contributed by atoms with Gasteiger partial charge in [0.1, 0.15) is 11.6 Å². The Bertz CT molecular complexity index is 1220. The second kappa shape index (κ2) is 11.4. The summed E-state index contributed by atoms with van der Waals surface area (Å²) in [6.07, 6.45) is 2.54. The highest BCUT2D eigenvalue weighted by molar-refractivity contribution is 6.04. The SMILES string of the molecule is CC(C)(C)CO.O=C(/C=C1\CCC2CCC2c2cc(C(F)(F)F)ccc21)Nc1cc(F)c(C2CCC2)c(F)c1. The molecule has 0 aliphatic heterocycles. The minimum Gasteiger partial charge on any atom is -0.396 e. The van der Waals surface area contributed by atoms with Crippen LogP contribution in [0.1, 0.15) is 99.8 Å². The predicted octanol–water partition coefficient (Wildman–Crippen LogP) is 8.59. The Morgan fingerprint density at radius 2 is 1.64 bits per heavy atom. The molecule has 0 spiro atoms. The van der Waals surface area contributed by atoms with Crippen LogP contribution in [0, 0.1) is 23.0 Å². The minimum absolute atomic E-state index is 0.0243. The lowest BCUT2D eigenvalue weighted by molar-refractivity contribution is -0.137. The van der Waals surface area contributed by atoms with Crippen LogP contribution in [0.25, 0.3) is 5.57 Å². The zero-order chi connectivity index (χ0) is 28.5. The highest BCUT2D eigenvalue weighted by Gasteiger charge is 2.39. The van der Waals surface area contributed by atoms with Gasteiger partial charge in [-0.3, -0.25) is 4.79 Å². The van der Waals surface area contributed by atoms with Crippen LogP contribution >= 0.6 is 0 Å². The number of carbonyl (C=O) groups excluding carboxylic acids is 1. The summed E-state index contributed by atoms with van der Waals surface area (Å²) >= 11 is 0. The first-order valence-corrected chi connectivity index (χ1v) is 13.6. The molecule has 2 saturated carbocycles. The number of halogens is 5. The van der Waals surface area contributed by atoms with E-state index in [0.29, 0.717) is 29.0 Å². The lowest BCUT2D eigenvalue weighted by atomic mass is 9.68. The molecule has 39 heavy (non-hydrogen) atoms. The lowest BCUT2D eigenvalue weighted by Crippen LogP contribution is -2.23. The first-order valence-electron chi connectivity index (χ1n) is 13.6. The fraction of sp³-hybridized carbons (Fsp3) is 0.516. The number of hydrogen-bond donors (Lipinski definition) is 2. The van der Waals surface area contributed by atoms with Gasteiger partial charge in [-0.25, -0.2) is 8.78 Å². The number of aliphatic hydroxyl groups excluding tert-OH is 1. The van der Waals surface area contributed by atoms with Crippen molar-refractivity contribution >= 4 is 17.2 Å². The standard InChI is InChI=1S/C26H24F5NO.C5H12O/c27-22-12-18(13-23(28)25(22)15-2-1-3-15)32-24(33)10-16-5-4-14-6-8-19(14)21-11-17(26(29,30)31)7-9-20(16)21;1-5(2,3)4-6/h7,9-15,19H,1-6,8H2,(H,32,33);6H,4H2,1-3H3/b16-10+;. The van der Waals surface area contributed by atoms with E-state index in [0.717, 1.165) is 56.7 Å². The third-order valence-electron chi connectivity index (χ3n) is 7.97. The normalized spacial score (nSPS) is 21.9. The lowest BCUT2D eigenvalue weighted by Gasteiger charge is -2.36. The minimum atomic E-state index is -4.43. The largest absolute Gasteiger partial charge is 0.416 e. The number of amides is 1. The summed E-state index contributed by atoms with van der Waals surface area (Å²) in [6, 6.07) is 5.97. The van der Waals surface area contributed by atoms with Gasteiger partial charge in [0.25, 0.3) is 0 Å². The number of benzene rings is 2. The van der Waals surface area contributed by atoms with Crippen LogP contribution in [0.5, 0.6) is 0 Å². The van der Waals surface area contributed by atoms with Crippen molar-refractivity contribution in [3.05, 3.63) is 70.3 Å². The van der Waals surface area contributed by atoms with Gasteiger partial charge in [0.15, 0.2) is 0 Å². The summed E-state index contributed by atoms with van der Waals surface area (Å²) in [5.74, 6) is -1.63. The molecule has 2 N–H and O–H groups in total. The van der Waals surface area contributed by atoms with Gasteiger partial charge < -0.3 is 10.4 Å². The molecule has 2 atom stereocenters. The number of allylic oxidation sites excluding steroid dienone is 1. The molecule has 3 aliphatic carbocycles. The quantitative estimate of drug-likeness (QED) is 0.298. The van der Waals surface area contributed by atoms with Crippen molar-refractivity contribution in [2.75, 3.05) is 11.9 Å². The monoisotopic (exact) mass is 549 g/mol. The highest BCUT2D eigenvalue weighted by Crippen LogP contribution is 2.51. The third kappa shape index (κ3) is 6.89. The molecule has 2 aromatic carbocycles. The van der Waals surface area contributed by atoms with Gasteiger partial charge in [-0.15, -0.1) is 0 Å². The van der Waals surface area contributed by atoms with E-state index in [-0.39, 0.29) is 35.1 Å². The molecule has 0 aromatic heterocycles. The third-order valence-corrected chi connectivity index (χ3v) is 7.97. The maximum atomic E-state index is 14.5. The van der Waals surface area contributed by atoms with Crippen LogP contribution in [-0.2, 0) is 11.0 Å². The van der Waals surface area contributed by atoms with E-state index in [1.54, 1.807) is 0 Å². The van der Waals surface area contributed by atoms with Crippen molar-refractivity contribution in [2.24, 2.45) is 11.3 Å². The number of rotatable bonds is 3. The number of nitrogens with one attached hydrogen (secondary N) is 1. The molecule has 0 radical (unpaired) electrons. The zero-order valence-corrected chi connectivity index (χ0v) is 22.6. The molecular weight excluding hydrogens is 513 g/mol. The van der Waals surface area contributed by atoms with E-state index in [1.807, 2.05) is 20.8 Å². The molecule has 1 amide bonds. The smallest absolute Gasteiger partial charge is 0.396 e. The average Bonchev–Trinajstić information content (AvgIpc) is 2.87. The maximum Gasteiger partial charge on any atom is 0.416 e. The van der Waals surface area contributed by atoms with Crippen LogP contribution in [0.4, 0.5) is 27.6 Å². The topological polar surface area (TPSA) is 49.3 Å². The van der Waals surface area contributed by atoms with Crippen molar-refractivity contribution in [3.8, 4) is 0 Å². The van der Waals surface area contributed by atoms with Crippen LogP contribution in [0.15, 0.2) is 36.4 Å². The van der Waals surface area contributed by atoms with Gasteiger partial charge in [0.05, 0.1) is 5.56 Å². The van der Waals surface area contributed by atoms with E-state index in [1.165, 1.54) is 18.2 Å². The first-order chi connectivity index (χ1) is 18.3. The number of alkyl halides is 3. The van der Waals surface area contributed by atoms with Gasteiger partial charge in [-0.2, -0.15) is 13.2 Å². The molecule has 0 saturated heterocycles. The molecular formula is C31H36F5NO2. The Balaban J connectivity index is 0.000000531. The van der Waals surface area contributed by atoms with Crippen molar-refractivity contribution in [1.29, 1.82) is 0 Å². The maximum absolute atomic E-state index is 14.5. The summed E-state index contributed by atoms with van der Waals surface area (Å²) in [7, 11) is 0. The Morgan fingerprint density at radius 1 is 1.00 bits per heavy atom. The number of anilines is 1. The second-order valence-electron chi connectivity index (χ2n) is 12.1. The summed E-state index contributed by atoms with van der Waals surface area (Å²) in [4.78, 5) is 12.7. The van der Waals surface area contributed by atoms with Gasteiger partial charge in [0.2, 0.25) is 5.91 Å². The molecule has 2 aromatic rings. The van der Waals surface area contributed by atoms with Crippen LogP contribution in [0.3, 0.4) is 0 Å². The van der Waals surface area contributed by atoms with E-state index < -0.39 is 29.3 Å². The zero-order valence-electron chi connectivity index (χ0n) is 22.6. The molecule has 212 valence electrons. The summed E-state index contributed by atoms with van der Waals surface area (Å²) in [5, 5.41) is 10.9. The first kappa shape index (κ1) is 29.2. The molecule has 2 fully saturated rings. The fourth-order valence-corrected chi connectivity index (χ4v) is 5.37. The number of carbonyl (C=O) groups is 1. The fourth-order valence-electron chi connectivity index (χ4n) is 5.37. The van der Waals surface area contributed by atoms with E-state index in [2.05, 4.69) is 5.32 Å². The van der Waals surface area contributed by atoms with Gasteiger partial charge in [-0.1, -0.05) is 33.3 Å². The summed E-state index contributed by atoms with van der Waals surface area (Å²) < 4.78 is 68.8. The Kier molecular flexibility index (Phi) is 8.55.